The molecule has 2 aromatic carbocycles. The van der Waals surface area contributed by atoms with Gasteiger partial charge in [-0.2, -0.15) is 0 Å². The number of hydrogen-bond acceptors (Lipinski definition) is 4. The molecule has 0 radical (unpaired) electrons. The van der Waals surface area contributed by atoms with E-state index in [9.17, 15) is 9.59 Å². The lowest BCUT2D eigenvalue weighted by Gasteiger charge is -2.28. The summed E-state index contributed by atoms with van der Waals surface area (Å²) >= 11 is 0. The number of amides is 2. The molecule has 152 valence electrons. The molecule has 3 N–H and O–H groups in total. The average molecular weight is 393 g/mol. The maximum atomic E-state index is 13.0. The Bertz CT molecular complexity index is 996. The maximum absolute atomic E-state index is 13.0. The smallest absolute Gasteiger partial charge is 0.229 e. The summed E-state index contributed by atoms with van der Waals surface area (Å²) in [5.74, 6) is 0.229. The van der Waals surface area contributed by atoms with Crippen molar-refractivity contribution in [2.45, 2.75) is 32.2 Å². The molecule has 1 atom stereocenters. The quantitative estimate of drug-likeness (QED) is 0.616. The predicted molar refractivity (Wildman–Crippen MR) is 114 cm³/mol. The molecule has 6 heteroatoms. The zero-order valence-corrected chi connectivity index (χ0v) is 16.9. The van der Waals surface area contributed by atoms with Crippen LogP contribution in [0.2, 0.25) is 0 Å². The highest BCUT2D eigenvalue weighted by Gasteiger charge is 2.27. The van der Waals surface area contributed by atoms with Crippen LogP contribution in [0.5, 0.6) is 5.75 Å². The van der Waals surface area contributed by atoms with Crippen LogP contribution in [0.4, 0.5) is 0 Å². The number of aromatic amines is 1. The first kappa shape index (κ1) is 20.6. The number of nitrogens with zero attached hydrogens (tertiary/aromatic N) is 1. The molecule has 29 heavy (non-hydrogen) atoms. The number of imide groups is 1. The van der Waals surface area contributed by atoms with Crippen LogP contribution in [0.25, 0.3) is 10.9 Å². The van der Waals surface area contributed by atoms with Crippen LogP contribution in [0.3, 0.4) is 0 Å². The highest BCUT2D eigenvalue weighted by Crippen LogP contribution is 2.22. The molecule has 3 aromatic rings. The first-order valence-electron chi connectivity index (χ1n) is 9.74. The van der Waals surface area contributed by atoms with Crippen molar-refractivity contribution in [3.05, 3.63) is 65.9 Å². The van der Waals surface area contributed by atoms with Crippen molar-refractivity contribution in [2.24, 2.45) is 5.73 Å². The Morgan fingerprint density at radius 3 is 2.55 bits per heavy atom. The van der Waals surface area contributed by atoms with Crippen molar-refractivity contribution < 1.29 is 14.3 Å². The number of methoxy groups -OCH3 is 1. The van der Waals surface area contributed by atoms with Crippen LogP contribution in [-0.2, 0) is 22.4 Å². The molecule has 0 fully saturated rings. The third-order valence-electron chi connectivity index (χ3n) is 5.18. The SMILES string of the molecule is COc1ccccc1CCC(=O)N(C(C)=O)[C@@H](CN)Cc1c[nH]c2ccccc12. The van der Waals surface area contributed by atoms with Crippen molar-refractivity contribution >= 4 is 22.7 Å². The molecule has 0 aliphatic heterocycles. The number of carbonyl (C=O) groups excluding carboxylic acids is 2. The van der Waals surface area contributed by atoms with E-state index in [1.807, 2.05) is 54.7 Å². The molecule has 0 saturated carbocycles. The van der Waals surface area contributed by atoms with E-state index in [1.54, 1.807) is 7.11 Å². The summed E-state index contributed by atoms with van der Waals surface area (Å²) in [6, 6.07) is 15.1. The van der Waals surface area contributed by atoms with E-state index in [2.05, 4.69) is 4.98 Å². The third-order valence-corrected chi connectivity index (χ3v) is 5.18. The molecule has 1 heterocycles. The molecular formula is C23H27N3O3. The molecule has 0 bridgehead atoms. The Morgan fingerprint density at radius 1 is 1.10 bits per heavy atom. The van der Waals surface area contributed by atoms with E-state index in [-0.39, 0.29) is 24.8 Å². The summed E-state index contributed by atoms with van der Waals surface area (Å²) < 4.78 is 5.35. The number of aromatic nitrogens is 1. The Hall–Kier alpha value is -3.12. The highest BCUT2D eigenvalue weighted by molar-refractivity contribution is 5.95. The Balaban J connectivity index is 1.75. The second kappa shape index (κ2) is 9.39. The molecule has 0 aliphatic carbocycles. The van der Waals surface area contributed by atoms with Gasteiger partial charge in [-0.05, 0) is 36.1 Å². The fraction of sp³-hybridized carbons (Fsp3) is 0.304. The zero-order chi connectivity index (χ0) is 20.8. The number of carbonyl (C=O) groups is 2. The second-order valence-corrected chi connectivity index (χ2v) is 7.05. The molecule has 6 nitrogen and oxygen atoms in total. The average Bonchev–Trinajstić information content (AvgIpc) is 3.14. The van der Waals surface area contributed by atoms with Gasteiger partial charge in [-0.1, -0.05) is 36.4 Å². The summed E-state index contributed by atoms with van der Waals surface area (Å²) in [5, 5.41) is 1.08. The minimum atomic E-state index is -0.392. The van der Waals surface area contributed by atoms with E-state index < -0.39 is 6.04 Å². The van der Waals surface area contributed by atoms with Gasteiger partial charge in [-0.25, -0.2) is 0 Å². The zero-order valence-electron chi connectivity index (χ0n) is 16.9. The van der Waals surface area contributed by atoms with Crippen LogP contribution in [0.15, 0.2) is 54.7 Å². The molecule has 0 unspecified atom stereocenters. The van der Waals surface area contributed by atoms with E-state index in [4.69, 9.17) is 10.5 Å². The summed E-state index contributed by atoms with van der Waals surface area (Å²) in [5.41, 5.74) is 8.99. The Kier molecular flexibility index (Phi) is 6.67. The van der Waals surface area contributed by atoms with Crippen LogP contribution < -0.4 is 10.5 Å². The van der Waals surface area contributed by atoms with E-state index >= 15 is 0 Å². The van der Waals surface area contributed by atoms with Crippen molar-refractivity contribution in [1.82, 2.24) is 9.88 Å². The van der Waals surface area contributed by atoms with Crippen LogP contribution in [0.1, 0.15) is 24.5 Å². The first-order chi connectivity index (χ1) is 14.0. The number of ether oxygens (including phenoxy) is 1. The summed E-state index contributed by atoms with van der Waals surface area (Å²) in [7, 11) is 1.61. The van der Waals surface area contributed by atoms with Gasteiger partial charge < -0.3 is 15.5 Å². The van der Waals surface area contributed by atoms with Crippen LogP contribution in [0, 0.1) is 0 Å². The second-order valence-electron chi connectivity index (χ2n) is 7.05. The lowest BCUT2D eigenvalue weighted by molar-refractivity contribution is -0.146. The van der Waals surface area contributed by atoms with Gasteiger partial charge in [0.05, 0.1) is 13.2 Å². The van der Waals surface area contributed by atoms with E-state index in [0.717, 1.165) is 27.8 Å². The Morgan fingerprint density at radius 2 is 1.83 bits per heavy atom. The van der Waals surface area contributed by atoms with Gasteiger partial charge in [0.25, 0.3) is 0 Å². The summed E-state index contributed by atoms with van der Waals surface area (Å²) in [6.07, 6.45) is 3.15. The monoisotopic (exact) mass is 393 g/mol. The first-order valence-corrected chi connectivity index (χ1v) is 9.74. The Labute approximate surface area is 170 Å². The van der Waals surface area contributed by atoms with Gasteiger partial charge in [-0.3, -0.25) is 14.5 Å². The van der Waals surface area contributed by atoms with Crippen LogP contribution in [-0.4, -0.2) is 41.4 Å². The third kappa shape index (κ3) is 4.66. The number of benzene rings is 2. The normalized spacial score (nSPS) is 12.0. The number of fused-ring (bicyclic) bond motifs is 1. The van der Waals surface area contributed by atoms with Gasteiger partial charge in [0.1, 0.15) is 5.75 Å². The molecule has 3 rings (SSSR count). The van der Waals surface area contributed by atoms with Crippen molar-refractivity contribution in [3.63, 3.8) is 0 Å². The lowest BCUT2D eigenvalue weighted by atomic mass is 10.0. The van der Waals surface area contributed by atoms with Gasteiger partial charge in [0, 0.05) is 37.0 Å². The largest absolute Gasteiger partial charge is 0.496 e. The number of H-pyrrole nitrogens is 1. The minimum absolute atomic E-state index is 0.208. The van der Waals surface area contributed by atoms with Gasteiger partial charge in [0.15, 0.2) is 0 Å². The highest BCUT2D eigenvalue weighted by atomic mass is 16.5. The molecule has 0 spiro atoms. The van der Waals surface area contributed by atoms with Crippen molar-refractivity contribution in [2.75, 3.05) is 13.7 Å². The number of nitrogens with two attached hydrogens (primary N) is 1. The molecular weight excluding hydrogens is 366 g/mol. The molecule has 2 amide bonds. The van der Waals surface area contributed by atoms with Crippen molar-refractivity contribution in [3.8, 4) is 5.75 Å². The number of hydrogen-bond donors (Lipinski definition) is 2. The lowest BCUT2D eigenvalue weighted by Crippen LogP contribution is -2.48. The van der Waals surface area contributed by atoms with E-state index in [0.29, 0.717) is 12.8 Å². The van der Waals surface area contributed by atoms with Crippen LogP contribution >= 0.6 is 0 Å². The molecule has 1 aromatic heterocycles. The van der Waals surface area contributed by atoms with E-state index in [1.165, 1.54) is 11.8 Å². The number of para-hydroxylation sites is 2. The van der Waals surface area contributed by atoms with Crippen molar-refractivity contribution in [1.29, 1.82) is 0 Å². The number of aryl methyl sites for hydroxylation is 1. The molecule has 0 aliphatic rings. The number of nitrogens with one attached hydrogen (secondary N) is 1. The minimum Gasteiger partial charge on any atom is -0.496 e. The topological polar surface area (TPSA) is 88.4 Å². The fourth-order valence-corrected chi connectivity index (χ4v) is 3.74. The van der Waals surface area contributed by atoms with Gasteiger partial charge >= 0.3 is 0 Å². The fourth-order valence-electron chi connectivity index (χ4n) is 3.74. The summed E-state index contributed by atoms with van der Waals surface area (Å²) in [6.45, 7) is 1.62. The van der Waals surface area contributed by atoms with Gasteiger partial charge in [0.2, 0.25) is 11.8 Å². The molecule has 0 saturated heterocycles. The maximum Gasteiger partial charge on any atom is 0.229 e. The van der Waals surface area contributed by atoms with Gasteiger partial charge in [-0.15, -0.1) is 0 Å². The standard InChI is InChI=1S/C23H27N3O3/c1-16(27)26(23(28)12-11-17-7-3-6-10-22(17)29-2)19(14-24)13-18-15-25-21-9-5-4-8-20(18)21/h3-10,15,19,25H,11-14,24H2,1-2H3/t19-/m1/s1. The summed E-state index contributed by atoms with van der Waals surface area (Å²) in [4.78, 5) is 29.8. The number of rotatable bonds is 8. The predicted octanol–water partition coefficient (Wildman–Crippen LogP) is 3.05.